The van der Waals surface area contributed by atoms with Crippen LogP contribution in [0.2, 0.25) is 0 Å². The Balaban J connectivity index is 4.78. The SMILES string of the molecule is CSCC[C@H](NC(=O)[C@H](CSC)NC(=O)[C@@H](N)CCC(N)=O)C(=O)O. The van der Waals surface area contributed by atoms with E-state index in [1.54, 1.807) is 6.26 Å². The number of carboxylic acid groups (broad SMARTS) is 1. The van der Waals surface area contributed by atoms with Crippen molar-refractivity contribution in [2.24, 2.45) is 11.5 Å². The predicted molar refractivity (Wildman–Crippen MR) is 99.3 cm³/mol. The summed E-state index contributed by atoms with van der Waals surface area (Å²) in [5, 5.41) is 14.1. The van der Waals surface area contributed by atoms with Gasteiger partial charge in [-0.15, -0.1) is 0 Å². The Morgan fingerprint density at radius 1 is 1.00 bits per heavy atom. The lowest BCUT2D eigenvalue weighted by molar-refractivity contribution is -0.142. The Morgan fingerprint density at radius 2 is 1.60 bits per heavy atom. The Bertz CT molecular complexity index is 478. The number of carbonyl (C=O) groups is 4. The molecule has 25 heavy (non-hydrogen) atoms. The van der Waals surface area contributed by atoms with Crippen molar-refractivity contribution in [3.8, 4) is 0 Å². The molecular formula is C14H26N4O5S2. The minimum absolute atomic E-state index is 0.0379. The second-order valence-corrected chi connectivity index (χ2v) is 7.21. The van der Waals surface area contributed by atoms with E-state index < -0.39 is 41.8 Å². The molecule has 0 heterocycles. The lowest BCUT2D eigenvalue weighted by Gasteiger charge is -2.22. The second-order valence-electron chi connectivity index (χ2n) is 5.31. The molecule has 144 valence electrons. The number of hydrogen-bond donors (Lipinski definition) is 5. The van der Waals surface area contributed by atoms with Crippen LogP contribution >= 0.6 is 23.5 Å². The van der Waals surface area contributed by atoms with Gasteiger partial charge >= 0.3 is 5.97 Å². The van der Waals surface area contributed by atoms with E-state index in [-0.39, 0.29) is 25.0 Å². The van der Waals surface area contributed by atoms with Gasteiger partial charge in [-0.05, 0) is 31.1 Å². The van der Waals surface area contributed by atoms with Crippen molar-refractivity contribution in [2.45, 2.75) is 37.4 Å². The fraction of sp³-hybridized carbons (Fsp3) is 0.714. The topological polar surface area (TPSA) is 165 Å². The lowest BCUT2D eigenvalue weighted by Crippen LogP contribution is -2.55. The third-order valence-electron chi connectivity index (χ3n) is 3.23. The molecule has 0 unspecified atom stereocenters. The maximum absolute atomic E-state index is 12.3. The van der Waals surface area contributed by atoms with Crippen molar-refractivity contribution in [2.75, 3.05) is 24.0 Å². The molecule has 0 saturated heterocycles. The van der Waals surface area contributed by atoms with Gasteiger partial charge in [-0.1, -0.05) is 0 Å². The molecule has 0 aliphatic rings. The van der Waals surface area contributed by atoms with Crippen molar-refractivity contribution in [1.29, 1.82) is 0 Å². The zero-order valence-electron chi connectivity index (χ0n) is 14.3. The Hall–Kier alpha value is -1.46. The highest BCUT2D eigenvalue weighted by Crippen LogP contribution is 2.04. The van der Waals surface area contributed by atoms with Crippen LogP contribution in [0.1, 0.15) is 19.3 Å². The average Bonchev–Trinajstić information content (AvgIpc) is 2.55. The highest BCUT2D eigenvalue weighted by atomic mass is 32.2. The van der Waals surface area contributed by atoms with E-state index in [0.29, 0.717) is 5.75 Å². The molecular weight excluding hydrogens is 368 g/mol. The zero-order chi connectivity index (χ0) is 19.4. The minimum Gasteiger partial charge on any atom is -0.480 e. The summed E-state index contributed by atoms with van der Waals surface area (Å²) in [6, 6.07) is -2.92. The average molecular weight is 395 g/mol. The van der Waals surface area contributed by atoms with E-state index in [9.17, 15) is 24.3 Å². The molecule has 0 fully saturated rings. The molecule has 0 spiro atoms. The summed E-state index contributed by atoms with van der Waals surface area (Å²) in [6.45, 7) is 0. The van der Waals surface area contributed by atoms with E-state index in [1.807, 2.05) is 6.26 Å². The lowest BCUT2D eigenvalue weighted by atomic mass is 10.1. The number of thioether (sulfide) groups is 2. The molecule has 0 aliphatic carbocycles. The molecule has 0 radical (unpaired) electrons. The van der Waals surface area contributed by atoms with Gasteiger partial charge in [-0.3, -0.25) is 14.4 Å². The van der Waals surface area contributed by atoms with Crippen LogP contribution in [0.5, 0.6) is 0 Å². The third kappa shape index (κ3) is 10.2. The van der Waals surface area contributed by atoms with Crippen molar-refractivity contribution in [1.82, 2.24) is 10.6 Å². The molecule has 7 N–H and O–H groups in total. The van der Waals surface area contributed by atoms with Crippen LogP contribution in [0.4, 0.5) is 0 Å². The summed E-state index contributed by atoms with van der Waals surface area (Å²) in [5.74, 6) is -2.04. The molecule has 0 aromatic carbocycles. The molecule has 0 bridgehead atoms. The molecule has 3 atom stereocenters. The molecule has 0 aliphatic heterocycles. The van der Waals surface area contributed by atoms with E-state index in [1.165, 1.54) is 23.5 Å². The second kappa shape index (κ2) is 12.8. The molecule has 0 aromatic rings. The number of rotatable bonds is 13. The van der Waals surface area contributed by atoms with E-state index in [4.69, 9.17) is 11.5 Å². The smallest absolute Gasteiger partial charge is 0.326 e. The highest BCUT2D eigenvalue weighted by molar-refractivity contribution is 7.98. The van der Waals surface area contributed by atoms with Gasteiger partial charge in [0.25, 0.3) is 0 Å². The Labute approximate surface area is 155 Å². The van der Waals surface area contributed by atoms with Crippen LogP contribution < -0.4 is 22.1 Å². The summed E-state index contributed by atoms with van der Waals surface area (Å²) in [4.78, 5) is 46.3. The summed E-state index contributed by atoms with van der Waals surface area (Å²) < 4.78 is 0. The third-order valence-corrected chi connectivity index (χ3v) is 4.54. The summed E-state index contributed by atoms with van der Waals surface area (Å²) in [7, 11) is 0. The highest BCUT2D eigenvalue weighted by Gasteiger charge is 2.27. The quantitative estimate of drug-likeness (QED) is 0.258. The first kappa shape index (κ1) is 23.5. The van der Waals surface area contributed by atoms with Gasteiger partial charge in [-0.2, -0.15) is 23.5 Å². The van der Waals surface area contributed by atoms with Crippen LogP contribution in [-0.4, -0.2) is 70.9 Å². The largest absolute Gasteiger partial charge is 0.480 e. The first-order chi connectivity index (χ1) is 11.7. The van der Waals surface area contributed by atoms with Gasteiger partial charge in [0.15, 0.2) is 0 Å². The molecule has 0 aromatic heterocycles. The van der Waals surface area contributed by atoms with Gasteiger partial charge in [0.05, 0.1) is 6.04 Å². The number of hydrogen-bond acceptors (Lipinski definition) is 7. The fourth-order valence-electron chi connectivity index (χ4n) is 1.82. The molecule has 3 amide bonds. The van der Waals surface area contributed by atoms with Gasteiger partial charge in [-0.25, -0.2) is 4.79 Å². The van der Waals surface area contributed by atoms with Gasteiger partial charge in [0, 0.05) is 12.2 Å². The minimum atomic E-state index is -1.13. The van der Waals surface area contributed by atoms with Crippen molar-refractivity contribution in [3.05, 3.63) is 0 Å². The summed E-state index contributed by atoms with van der Waals surface area (Å²) in [5.41, 5.74) is 10.7. The first-order valence-electron chi connectivity index (χ1n) is 7.58. The maximum atomic E-state index is 12.3. The van der Waals surface area contributed by atoms with Crippen LogP contribution in [-0.2, 0) is 19.2 Å². The van der Waals surface area contributed by atoms with Crippen LogP contribution in [0, 0.1) is 0 Å². The number of primary amides is 1. The summed E-state index contributed by atoms with van der Waals surface area (Å²) >= 11 is 2.79. The van der Waals surface area contributed by atoms with Crippen molar-refractivity contribution in [3.63, 3.8) is 0 Å². The van der Waals surface area contributed by atoms with E-state index in [2.05, 4.69) is 10.6 Å². The number of aliphatic carboxylic acids is 1. The molecule has 0 rings (SSSR count). The predicted octanol–water partition coefficient (Wildman–Crippen LogP) is -1.25. The van der Waals surface area contributed by atoms with Crippen LogP contribution in [0.25, 0.3) is 0 Å². The van der Waals surface area contributed by atoms with E-state index in [0.717, 1.165) is 0 Å². The van der Waals surface area contributed by atoms with E-state index >= 15 is 0 Å². The molecule has 11 heteroatoms. The van der Waals surface area contributed by atoms with Gasteiger partial charge in [0.2, 0.25) is 17.7 Å². The van der Waals surface area contributed by atoms with Crippen LogP contribution in [0.15, 0.2) is 0 Å². The Kier molecular flexibility index (Phi) is 12.1. The number of nitrogens with one attached hydrogen (secondary N) is 2. The fourth-order valence-corrected chi connectivity index (χ4v) is 2.86. The number of amides is 3. The zero-order valence-corrected chi connectivity index (χ0v) is 16.0. The monoisotopic (exact) mass is 394 g/mol. The number of nitrogens with two attached hydrogens (primary N) is 2. The standard InChI is InChI=1S/C14H26N4O5S2/c1-24-6-5-9(14(22)23)17-13(21)10(7-25-2)18-12(20)8(15)3-4-11(16)19/h8-10H,3-7,15H2,1-2H3,(H2,16,19)(H,17,21)(H,18,20)(H,22,23)/t8-,9-,10-/m0/s1. The first-order valence-corrected chi connectivity index (χ1v) is 10.4. The summed E-state index contributed by atoms with van der Waals surface area (Å²) in [6.07, 6.45) is 3.90. The van der Waals surface area contributed by atoms with Crippen molar-refractivity contribution < 1.29 is 24.3 Å². The normalized spacial score (nSPS) is 14.2. The maximum Gasteiger partial charge on any atom is 0.326 e. The Morgan fingerprint density at radius 3 is 2.08 bits per heavy atom. The number of carboxylic acids is 1. The van der Waals surface area contributed by atoms with Crippen LogP contribution in [0.3, 0.4) is 0 Å². The molecule has 9 nitrogen and oxygen atoms in total. The van der Waals surface area contributed by atoms with Crippen molar-refractivity contribution >= 4 is 47.2 Å². The van der Waals surface area contributed by atoms with Gasteiger partial charge in [0.1, 0.15) is 12.1 Å². The molecule has 0 saturated carbocycles. The van der Waals surface area contributed by atoms with Gasteiger partial charge < -0.3 is 27.2 Å². The number of carbonyl (C=O) groups excluding carboxylic acids is 3.